The van der Waals surface area contributed by atoms with Crippen molar-refractivity contribution in [2.24, 2.45) is 11.3 Å². The third kappa shape index (κ3) is 5.06. The molecule has 0 radical (unpaired) electrons. The Hall–Kier alpha value is -0.610. The summed E-state index contributed by atoms with van der Waals surface area (Å²) in [6.45, 7) is 13.5. The molecule has 0 aromatic heterocycles. The van der Waals surface area contributed by atoms with Gasteiger partial charge in [-0.25, -0.2) is 0 Å². The van der Waals surface area contributed by atoms with Crippen LogP contribution in [0, 0.1) is 11.3 Å². The van der Waals surface area contributed by atoms with Gasteiger partial charge in [0.2, 0.25) is 0 Å². The van der Waals surface area contributed by atoms with Gasteiger partial charge in [0, 0.05) is 26.2 Å². The molecule has 1 fully saturated rings. The molecular formula is C16H32N2O2. The Morgan fingerprint density at radius 3 is 2.50 bits per heavy atom. The van der Waals surface area contributed by atoms with E-state index in [2.05, 4.69) is 39.5 Å². The average Bonchev–Trinajstić information content (AvgIpc) is 2.21. The van der Waals surface area contributed by atoms with Crippen LogP contribution in [0.25, 0.3) is 0 Å². The summed E-state index contributed by atoms with van der Waals surface area (Å²) < 4.78 is 0. The molecule has 0 saturated carbocycles. The van der Waals surface area contributed by atoms with Gasteiger partial charge in [-0.2, -0.15) is 0 Å². The number of hydrogen-bond donors (Lipinski definition) is 1. The fourth-order valence-electron chi connectivity index (χ4n) is 3.07. The minimum Gasteiger partial charge on any atom is -0.379 e. The summed E-state index contributed by atoms with van der Waals surface area (Å²) in [4.78, 5) is 16.5. The van der Waals surface area contributed by atoms with Crippen molar-refractivity contribution in [3.05, 3.63) is 0 Å². The van der Waals surface area contributed by atoms with Crippen molar-refractivity contribution in [2.75, 3.05) is 33.2 Å². The quantitative estimate of drug-likeness (QED) is 0.839. The molecule has 1 rings (SSSR count). The maximum absolute atomic E-state index is 12.6. The molecule has 1 amide bonds. The second kappa shape index (κ2) is 6.44. The third-order valence-electron chi connectivity index (χ3n) is 3.58. The van der Waals surface area contributed by atoms with Crippen LogP contribution in [0.2, 0.25) is 0 Å². The Balaban J connectivity index is 2.70. The van der Waals surface area contributed by atoms with E-state index in [9.17, 15) is 9.90 Å². The Kier molecular flexibility index (Phi) is 5.61. The number of amides is 1. The molecule has 1 atom stereocenters. The Morgan fingerprint density at radius 1 is 1.40 bits per heavy atom. The van der Waals surface area contributed by atoms with E-state index in [-0.39, 0.29) is 11.3 Å². The van der Waals surface area contributed by atoms with E-state index in [4.69, 9.17) is 0 Å². The lowest BCUT2D eigenvalue weighted by molar-refractivity contribution is -0.160. The Labute approximate surface area is 124 Å². The van der Waals surface area contributed by atoms with E-state index < -0.39 is 5.60 Å². The Bertz CT molecular complexity index is 336. The molecule has 4 nitrogen and oxygen atoms in total. The highest BCUT2D eigenvalue weighted by atomic mass is 16.3. The maximum atomic E-state index is 12.6. The van der Waals surface area contributed by atoms with Gasteiger partial charge < -0.3 is 14.9 Å². The second-order valence-corrected chi connectivity index (χ2v) is 8.01. The molecule has 1 saturated heterocycles. The van der Waals surface area contributed by atoms with Crippen LogP contribution in [-0.4, -0.2) is 59.6 Å². The molecule has 1 heterocycles. The summed E-state index contributed by atoms with van der Waals surface area (Å²) in [5, 5.41) is 10.8. The van der Waals surface area contributed by atoms with Crippen LogP contribution in [0.5, 0.6) is 0 Å². The van der Waals surface area contributed by atoms with E-state index >= 15 is 0 Å². The molecule has 0 aromatic rings. The first-order valence-electron chi connectivity index (χ1n) is 7.74. The number of hydrogen-bond acceptors (Lipinski definition) is 3. The molecule has 1 aliphatic heterocycles. The van der Waals surface area contributed by atoms with Crippen LogP contribution in [0.15, 0.2) is 0 Å². The topological polar surface area (TPSA) is 43.8 Å². The highest BCUT2D eigenvalue weighted by molar-refractivity contribution is 5.86. The number of likely N-dealkylation sites (N-methyl/N-ethyl adjacent to an activating group) is 1. The van der Waals surface area contributed by atoms with Crippen LogP contribution in [0.3, 0.4) is 0 Å². The molecule has 0 aromatic carbocycles. The molecule has 1 N–H and O–H groups in total. The maximum Gasteiger partial charge on any atom is 0.255 e. The van der Waals surface area contributed by atoms with Crippen LogP contribution >= 0.6 is 0 Å². The number of carbonyl (C=O) groups excluding carboxylic acids is 1. The summed E-state index contributed by atoms with van der Waals surface area (Å²) in [5.41, 5.74) is -1.13. The first kappa shape index (κ1) is 17.4. The predicted octanol–water partition coefficient (Wildman–Crippen LogP) is 1.97. The largest absolute Gasteiger partial charge is 0.379 e. The summed E-state index contributed by atoms with van der Waals surface area (Å²) in [6.07, 6.45) is 1.46. The first-order valence-corrected chi connectivity index (χ1v) is 7.74. The monoisotopic (exact) mass is 284 g/mol. The first-order chi connectivity index (χ1) is 9.03. The summed E-state index contributed by atoms with van der Waals surface area (Å²) in [5.74, 6) is 0.447. The number of piperidine rings is 1. The highest BCUT2D eigenvalue weighted by Crippen LogP contribution is 2.27. The molecule has 118 valence electrons. The van der Waals surface area contributed by atoms with Gasteiger partial charge in [-0.3, -0.25) is 4.79 Å². The van der Waals surface area contributed by atoms with Gasteiger partial charge in [0.05, 0.1) is 0 Å². The number of carbonyl (C=O) groups is 1. The molecule has 0 aliphatic carbocycles. The van der Waals surface area contributed by atoms with Gasteiger partial charge in [-0.1, -0.05) is 34.6 Å². The third-order valence-corrected chi connectivity index (χ3v) is 3.58. The summed E-state index contributed by atoms with van der Waals surface area (Å²) in [6, 6.07) is 0. The van der Waals surface area contributed by atoms with E-state index in [0.29, 0.717) is 25.4 Å². The van der Waals surface area contributed by atoms with Gasteiger partial charge in [-0.15, -0.1) is 0 Å². The van der Waals surface area contributed by atoms with Gasteiger partial charge in [0.1, 0.15) is 0 Å². The fourth-order valence-corrected chi connectivity index (χ4v) is 3.07. The van der Waals surface area contributed by atoms with Crippen molar-refractivity contribution < 1.29 is 9.90 Å². The van der Waals surface area contributed by atoms with Crippen molar-refractivity contribution in [3.63, 3.8) is 0 Å². The number of rotatable bonds is 5. The van der Waals surface area contributed by atoms with Crippen molar-refractivity contribution in [1.82, 2.24) is 9.80 Å². The van der Waals surface area contributed by atoms with Crippen molar-refractivity contribution in [3.8, 4) is 0 Å². The fraction of sp³-hybridized carbons (Fsp3) is 0.938. The van der Waals surface area contributed by atoms with Crippen molar-refractivity contribution in [2.45, 2.75) is 53.1 Å². The number of nitrogens with zero attached hydrogens (tertiary/aromatic N) is 2. The summed E-state index contributed by atoms with van der Waals surface area (Å²) >= 11 is 0. The van der Waals surface area contributed by atoms with Crippen LogP contribution in [0.4, 0.5) is 0 Å². The van der Waals surface area contributed by atoms with E-state index in [1.165, 1.54) is 0 Å². The van der Waals surface area contributed by atoms with Crippen LogP contribution < -0.4 is 0 Å². The minimum atomic E-state index is -1.20. The van der Waals surface area contributed by atoms with Gasteiger partial charge in [0.25, 0.3) is 5.91 Å². The van der Waals surface area contributed by atoms with E-state index in [1.807, 2.05) is 11.9 Å². The molecule has 0 spiro atoms. The zero-order chi connectivity index (χ0) is 15.6. The molecule has 4 heteroatoms. The van der Waals surface area contributed by atoms with E-state index in [0.717, 1.165) is 19.5 Å². The molecule has 20 heavy (non-hydrogen) atoms. The highest BCUT2D eigenvalue weighted by Gasteiger charge is 2.43. The molecule has 0 unspecified atom stereocenters. The second-order valence-electron chi connectivity index (χ2n) is 8.01. The number of likely N-dealkylation sites (tertiary alicyclic amines) is 1. The lowest BCUT2D eigenvalue weighted by atomic mass is 9.88. The Morgan fingerprint density at radius 2 is 2.00 bits per heavy atom. The lowest BCUT2D eigenvalue weighted by Gasteiger charge is -2.42. The van der Waals surface area contributed by atoms with Crippen LogP contribution in [0.1, 0.15) is 47.5 Å². The zero-order valence-corrected chi connectivity index (χ0v) is 14.1. The minimum absolute atomic E-state index is 0.0672. The molecule has 0 bridgehead atoms. The normalized spacial score (nSPS) is 24.9. The lowest BCUT2D eigenvalue weighted by Crippen LogP contribution is -2.59. The molecular weight excluding hydrogens is 252 g/mol. The van der Waals surface area contributed by atoms with Crippen molar-refractivity contribution in [1.29, 1.82) is 0 Å². The number of aliphatic hydroxyl groups is 1. The predicted molar refractivity (Wildman–Crippen MR) is 82.6 cm³/mol. The van der Waals surface area contributed by atoms with Gasteiger partial charge in [0.15, 0.2) is 5.60 Å². The average molecular weight is 284 g/mol. The SMILES string of the molecule is CC(C)CN(C)C[C@]1(O)CCCN(CC(C)(C)C)C1=O. The smallest absolute Gasteiger partial charge is 0.255 e. The standard InChI is InChI=1S/C16H32N2O2/c1-13(2)10-17(6)12-16(20)8-7-9-18(14(16)19)11-15(3,4)5/h13,20H,7-12H2,1-6H3/t16-/m1/s1. The summed E-state index contributed by atoms with van der Waals surface area (Å²) in [7, 11) is 1.98. The molecule has 1 aliphatic rings. The zero-order valence-electron chi connectivity index (χ0n) is 14.1. The van der Waals surface area contributed by atoms with Crippen LogP contribution in [-0.2, 0) is 4.79 Å². The van der Waals surface area contributed by atoms with Gasteiger partial charge in [-0.05, 0) is 31.2 Å². The van der Waals surface area contributed by atoms with E-state index in [1.54, 1.807) is 0 Å². The van der Waals surface area contributed by atoms with Gasteiger partial charge >= 0.3 is 0 Å². The van der Waals surface area contributed by atoms with Crippen molar-refractivity contribution >= 4 is 5.91 Å².